The van der Waals surface area contributed by atoms with Crippen LogP contribution in [0.2, 0.25) is 0 Å². The largest absolute Gasteiger partial charge is 0.380 e. The Hall–Kier alpha value is -2.75. The van der Waals surface area contributed by atoms with Gasteiger partial charge in [-0.2, -0.15) is 4.31 Å². The molecule has 1 saturated heterocycles. The summed E-state index contributed by atoms with van der Waals surface area (Å²) >= 11 is 0. The Morgan fingerprint density at radius 2 is 1.63 bits per heavy atom. The smallest absolute Gasteiger partial charge is 0.365 e. The molecule has 0 aliphatic carbocycles. The molecule has 27 heavy (non-hydrogen) atoms. The number of amidine groups is 1. The highest BCUT2D eigenvalue weighted by atomic mass is 32.2. The zero-order valence-electron chi connectivity index (χ0n) is 14.4. The molecule has 2 aromatic carbocycles. The van der Waals surface area contributed by atoms with Crippen LogP contribution >= 0.6 is 0 Å². The van der Waals surface area contributed by atoms with Crippen molar-refractivity contribution in [3.8, 4) is 0 Å². The van der Waals surface area contributed by atoms with Crippen molar-refractivity contribution in [1.82, 2.24) is 4.31 Å². The van der Waals surface area contributed by atoms with Crippen LogP contribution in [0.1, 0.15) is 15.9 Å². The summed E-state index contributed by atoms with van der Waals surface area (Å²) in [4.78, 5) is 16.8. The molecule has 0 saturated carbocycles. The lowest BCUT2D eigenvalue weighted by atomic mass is 10.2. The molecule has 1 fully saturated rings. The molecule has 9 heteroatoms. The molecule has 1 aliphatic rings. The van der Waals surface area contributed by atoms with Crippen LogP contribution in [0.3, 0.4) is 0 Å². The third kappa shape index (κ3) is 4.51. The number of rotatable bonds is 5. The molecule has 2 N–H and O–H groups in total. The molecule has 3 rings (SSSR count). The normalized spacial score (nSPS) is 16.1. The molecule has 1 aliphatic heterocycles. The van der Waals surface area contributed by atoms with Gasteiger partial charge in [0, 0.05) is 18.7 Å². The van der Waals surface area contributed by atoms with Crippen molar-refractivity contribution in [3.63, 3.8) is 0 Å². The molecule has 0 amide bonds. The summed E-state index contributed by atoms with van der Waals surface area (Å²) < 4.78 is 31.7. The van der Waals surface area contributed by atoms with Gasteiger partial charge >= 0.3 is 5.97 Å². The summed E-state index contributed by atoms with van der Waals surface area (Å²) in [6.07, 6.45) is 0. The number of carbonyl (C=O) groups excluding carboxylic acids is 1. The number of ether oxygens (including phenoxy) is 1. The number of sulfonamides is 1. The quantitative estimate of drug-likeness (QED) is 0.356. The van der Waals surface area contributed by atoms with E-state index in [1.807, 2.05) is 0 Å². The fourth-order valence-electron chi connectivity index (χ4n) is 2.50. The van der Waals surface area contributed by atoms with Gasteiger partial charge in [-0.25, -0.2) is 13.2 Å². The molecule has 0 atom stereocenters. The second-order valence-electron chi connectivity index (χ2n) is 5.76. The topological polar surface area (TPSA) is 111 Å². The third-order valence-corrected chi connectivity index (χ3v) is 5.91. The number of carbonyl (C=O) groups is 1. The van der Waals surface area contributed by atoms with E-state index in [4.69, 9.17) is 15.3 Å². The first kappa shape index (κ1) is 19.0. The Balaban J connectivity index is 1.70. The van der Waals surface area contributed by atoms with E-state index in [2.05, 4.69) is 5.16 Å². The third-order valence-electron chi connectivity index (χ3n) is 3.99. The van der Waals surface area contributed by atoms with Crippen molar-refractivity contribution in [3.05, 3.63) is 65.7 Å². The molecule has 142 valence electrons. The van der Waals surface area contributed by atoms with Crippen molar-refractivity contribution in [2.75, 3.05) is 26.3 Å². The lowest BCUT2D eigenvalue weighted by molar-refractivity contribution is 0.0516. The first-order valence-corrected chi connectivity index (χ1v) is 9.71. The van der Waals surface area contributed by atoms with E-state index in [1.165, 1.54) is 28.6 Å². The first-order chi connectivity index (χ1) is 13.0. The zero-order valence-corrected chi connectivity index (χ0v) is 15.3. The average molecular weight is 389 g/mol. The van der Waals surface area contributed by atoms with Crippen molar-refractivity contribution >= 4 is 21.8 Å². The maximum Gasteiger partial charge on any atom is 0.365 e. The van der Waals surface area contributed by atoms with Crippen LogP contribution in [0.15, 0.2) is 64.6 Å². The van der Waals surface area contributed by atoms with Crippen LogP contribution in [0.25, 0.3) is 0 Å². The van der Waals surface area contributed by atoms with Crippen molar-refractivity contribution < 1.29 is 22.8 Å². The van der Waals surface area contributed by atoms with Gasteiger partial charge < -0.3 is 15.3 Å². The number of oxime groups is 1. The molecule has 8 nitrogen and oxygen atoms in total. The Morgan fingerprint density at radius 3 is 2.26 bits per heavy atom. The molecule has 1 heterocycles. The maximum absolute atomic E-state index is 12.6. The number of hydrogen-bond donors (Lipinski definition) is 1. The van der Waals surface area contributed by atoms with Gasteiger partial charge in [0.25, 0.3) is 0 Å². The molecule has 2 aromatic rings. The van der Waals surface area contributed by atoms with Gasteiger partial charge in [0.2, 0.25) is 10.0 Å². The van der Waals surface area contributed by atoms with Crippen LogP contribution < -0.4 is 5.73 Å². The van der Waals surface area contributed by atoms with Crippen LogP contribution in [0, 0.1) is 0 Å². The molecular formula is C18H19N3O5S. The van der Waals surface area contributed by atoms with E-state index in [1.54, 1.807) is 30.3 Å². The van der Waals surface area contributed by atoms with E-state index in [0.717, 1.165) is 0 Å². The molecule has 0 unspecified atom stereocenters. The van der Waals surface area contributed by atoms with E-state index < -0.39 is 16.0 Å². The van der Waals surface area contributed by atoms with E-state index in [9.17, 15) is 13.2 Å². The van der Waals surface area contributed by atoms with Gasteiger partial charge in [-0.1, -0.05) is 23.4 Å². The second kappa shape index (κ2) is 8.30. The summed E-state index contributed by atoms with van der Waals surface area (Å²) in [5, 5.41) is 3.62. The lowest BCUT2D eigenvalue weighted by Crippen LogP contribution is -2.40. The molecule has 0 bridgehead atoms. The summed E-state index contributed by atoms with van der Waals surface area (Å²) in [5.41, 5.74) is 6.61. The Morgan fingerprint density at radius 1 is 1.00 bits per heavy atom. The van der Waals surface area contributed by atoms with E-state index in [-0.39, 0.29) is 10.7 Å². The summed E-state index contributed by atoms with van der Waals surface area (Å²) in [7, 11) is -3.58. The maximum atomic E-state index is 12.6. The molecular weight excluding hydrogens is 370 g/mol. The monoisotopic (exact) mass is 389 g/mol. The Kier molecular flexibility index (Phi) is 5.84. The van der Waals surface area contributed by atoms with Gasteiger partial charge in [0.15, 0.2) is 5.84 Å². The van der Waals surface area contributed by atoms with Crippen molar-refractivity contribution in [2.24, 2.45) is 10.9 Å². The second-order valence-corrected chi connectivity index (χ2v) is 7.70. The summed E-state index contributed by atoms with van der Waals surface area (Å²) in [6, 6.07) is 14.3. The van der Waals surface area contributed by atoms with Crippen LogP contribution in [0.5, 0.6) is 0 Å². The Labute approximate surface area is 157 Å². The average Bonchev–Trinajstić information content (AvgIpc) is 2.73. The van der Waals surface area contributed by atoms with Gasteiger partial charge in [-0.15, -0.1) is 0 Å². The van der Waals surface area contributed by atoms with Gasteiger partial charge in [-0.3, -0.25) is 0 Å². The summed E-state index contributed by atoms with van der Waals surface area (Å²) in [5.74, 6) is -0.667. The highest BCUT2D eigenvalue weighted by Crippen LogP contribution is 2.17. The fraction of sp³-hybridized carbons (Fsp3) is 0.222. The van der Waals surface area contributed by atoms with E-state index in [0.29, 0.717) is 37.4 Å². The standard InChI is InChI=1S/C18H19N3O5S/c19-17(20-26-18(22)15-4-2-1-3-5-15)14-6-8-16(9-7-14)27(23,24)21-10-12-25-13-11-21/h1-9H,10-13H2,(H2,19,20). The fourth-order valence-corrected chi connectivity index (χ4v) is 3.91. The summed E-state index contributed by atoms with van der Waals surface area (Å²) in [6.45, 7) is 1.40. The molecule has 0 aromatic heterocycles. The lowest BCUT2D eigenvalue weighted by Gasteiger charge is -2.26. The zero-order chi connectivity index (χ0) is 19.3. The van der Waals surface area contributed by atoms with Gasteiger partial charge in [0.1, 0.15) is 0 Å². The number of benzene rings is 2. The minimum absolute atomic E-state index is 0.0328. The van der Waals surface area contributed by atoms with Crippen LogP contribution in [-0.4, -0.2) is 50.8 Å². The van der Waals surface area contributed by atoms with Gasteiger partial charge in [-0.05, 0) is 36.4 Å². The van der Waals surface area contributed by atoms with Crippen LogP contribution in [0.4, 0.5) is 0 Å². The van der Waals surface area contributed by atoms with Crippen molar-refractivity contribution in [2.45, 2.75) is 4.90 Å². The van der Waals surface area contributed by atoms with Crippen molar-refractivity contribution in [1.29, 1.82) is 0 Å². The minimum atomic E-state index is -3.58. The minimum Gasteiger partial charge on any atom is -0.380 e. The number of nitrogens with zero attached hydrogens (tertiary/aromatic N) is 2. The van der Waals surface area contributed by atoms with Crippen LogP contribution in [-0.2, 0) is 19.6 Å². The number of morpholine rings is 1. The number of nitrogens with two attached hydrogens (primary N) is 1. The predicted molar refractivity (Wildman–Crippen MR) is 98.6 cm³/mol. The number of hydrogen-bond acceptors (Lipinski definition) is 6. The Bertz CT molecular complexity index is 921. The highest BCUT2D eigenvalue weighted by molar-refractivity contribution is 7.89. The van der Waals surface area contributed by atoms with E-state index >= 15 is 0 Å². The molecule has 0 radical (unpaired) electrons. The molecule has 0 spiro atoms. The van der Waals surface area contributed by atoms with Gasteiger partial charge in [0.05, 0.1) is 23.7 Å². The highest BCUT2D eigenvalue weighted by Gasteiger charge is 2.26. The first-order valence-electron chi connectivity index (χ1n) is 8.26. The SMILES string of the molecule is N/C(=N/OC(=O)c1ccccc1)c1ccc(S(=O)(=O)N2CCOCC2)cc1. The predicted octanol–water partition coefficient (Wildman–Crippen LogP) is 1.18.